The molecule has 0 radical (unpaired) electrons. The van der Waals surface area contributed by atoms with Crippen LogP contribution < -0.4 is 11.1 Å². The van der Waals surface area contributed by atoms with Gasteiger partial charge < -0.3 is 16.0 Å². The Morgan fingerprint density at radius 3 is 2.58 bits per heavy atom. The van der Waals surface area contributed by atoms with E-state index in [4.69, 9.17) is 5.73 Å². The van der Waals surface area contributed by atoms with Gasteiger partial charge in [-0.2, -0.15) is 0 Å². The molecule has 1 saturated carbocycles. The van der Waals surface area contributed by atoms with E-state index in [0.717, 1.165) is 12.5 Å². The van der Waals surface area contributed by atoms with Crippen molar-refractivity contribution in [1.82, 2.24) is 10.2 Å². The minimum Gasteiger partial charge on any atom is -0.326 e. The van der Waals surface area contributed by atoms with Crippen molar-refractivity contribution in [3.63, 3.8) is 0 Å². The highest BCUT2D eigenvalue weighted by molar-refractivity contribution is 4.89. The standard InChI is InChI=1S/C16H33N3/c1-16(2,13-7-6-10-19(3)11-13)12-18-15-9-5-4-8-14(15)17/h13-15,18H,4-12,17H2,1-3H3. The zero-order chi connectivity index (χ0) is 13.9. The quantitative estimate of drug-likeness (QED) is 0.820. The highest BCUT2D eigenvalue weighted by atomic mass is 15.1. The second kappa shape index (κ2) is 6.55. The Hall–Kier alpha value is -0.120. The van der Waals surface area contributed by atoms with E-state index in [1.54, 1.807) is 0 Å². The first-order chi connectivity index (χ1) is 8.99. The van der Waals surface area contributed by atoms with Crippen molar-refractivity contribution < 1.29 is 0 Å². The fraction of sp³-hybridized carbons (Fsp3) is 1.00. The Bertz CT molecular complexity index is 277. The van der Waals surface area contributed by atoms with Crippen molar-refractivity contribution in [3.05, 3.63) is 0 Å². The Labute approximate surface area is 119 Å². The van der Waals surface area contributed by atoms with Gasteiger partial charge in [-0.25, -0.2) is 0 Å². The summed E-state index contributed by atoms with van der Waals surface area (Å²) in [5.74, 6) is 0.818. The van der Waals surface area contributed by atoms with Gasteiger partial charge in [-0.15, -0.1) is 0 Å². The second-order valence-corrected chi connectivity index (χ2v) is 7.53. The molecule has 2 aliphatic rings. The zero-order valence-electron chi connectivity index (χ0n) is 13.1. The molecule has 0 aromatic heterocycles. The van der Waals surface area contributed by atoms with Gasteiger partial charge in [0.2, 0.25) is 0 Å². The van der Waals surface area contributed by atoms with Crippen LogP contribution in [0.4, 0.5) is 0 Å². The van der Waals surface area contributed by atoms with Crippen LogP contribution in [0, 0.1) is 11.3 Å². The molecule has 0 aromatic rings. The van der Waals surface area contributed by atoms with Crippen molar-refractivity contribution in [1.29, 1.82) is 0 Å². The van der Waals surface area contributed by atoms with Crippen LogP contribution in [-0.4, -0.2) is 43.7 Å². The fourth-order valence-corrected chi connectivity index (χ4v) is 3.76. The van der Waals surface area contributed by atoms with Crippen LogP contribution in [0.15, 0.2) is 0 Å². The monoisotopic (exact) mass is 267 g/mol. The first kappa shape index (κ1) is 15.3. The number of hydrogen-bond donors (Lipinski definition) is 2. The number of hydrogen-bond acceptors (Lipinski definition) is 3. The molecule has 0 spiro atoms. The van der Waals surface area contributed by atoms with Crippen LogP contribution in [0.3, 0.4) is 0 Å². The molecular formula is C16H33N3. The third-order valence-corrected chi connectivity index (χ3v) is 5.37. The molecule has 2 rings (SSSR count). The lowest BCUT2D eigenvalue weighted by Gasteiger charge is -2.42. The normalized spacial score (nSPS) is 34.4. The lowest BCUT2D eigenvalue weighted by atomic mass is 9.74. The highest BCUT2D eigenvalue weighted by Gasteiger charge is 2.33. The smallest absolute Gasteiger partial charge is 0.0219 e. The third kappa shape index (κ3) is 4.17. The molecule has 0 bridgehead atoms. The van der Waals surface area contributed by atoms with Gasteiger partial charge in [-0.05, 0) is 50.6 Å². The van der Waals surface area contributed by atoms with Gasteiger partial charge >= 0.3 is 0 Å². The molecule has 3 N–H and O–H groups in total. The lowest BCUT2D eigenvalue weighted by molar-refractivity contribution is 0.0974. The summed E-state index contributed by atoms with van der Waals surface area (Å²) < 4.78 is 0. The summed E-state index contributed by atoms with van der Waals surface area (Å²) in [5, 5.41) is 3.78. The van der Waals surface area contributed by atoms with Crippen LogP contribution in [-0.2, 0) is 0 Å². The van der Waals surface area contributed by atoms with Crippen LogP contribution in [0.1, 0.15) is 52.4 Å². The highest BCUT2D eigenvalue weighted by Crippen LogP contribution is 2.33. The molecule has 1 heterocycles. The van der Waals surface area contributed by atoms with Crippen molar-refractivity contribution >= 4 is 0 Å². The van der Waals surface area contributed by atoms with Crippen molar-refractivity contribution in [2.75, 3.05) is 26.7 Å². The van der Waals surface area contributed by atoms with Gasteiger partial charge in [-0.1, -0.05) is 26.7 Å². The second-order valence-electron chi connectivity index (χ2n) is 7.53. The molecule has 19 heavy (non-hydrogen) atoms. The molecule has 1 aliphatic carbocycles. The van der Waals surface area contributed by atoms with E-state index in [9.17, 15) is 0 Å². The predicted molar refractivity (Wildman–Crippen MR) is 82.2 cm³/mol. The van der Waals surface area contributed by atoms with Crippen LogP contribution in [0.2, 0.25) is 0 Å². The van der Waals surface area contributed by atoms with Gasteiger partial charge in [-0.3, -0.25) is 0 Å². The van der Waals surface area contributed by atoms with E-state index in [1.807, 2.05) is 0 Å². The van der Waals surface area contributed by atoms with E-state index in [2.05, 4.69) is 31.1 Å². The van der Waals surface area contributed by atoms with E-state index in [1.165, 1.54) is 51.6 Å². The summed E-state index contributed by atoms with van der Waals surface area (Å²) in [6, 6.07) is 0.924. The minimum atomic E-state index is 0.374. The molecule has 1 aliphatic heterocycles. The Balaban J connectivity index is 1.82. The van der Waals surface area contributed by atoms with Gasteiger partial charge in [0.05, 0.1) is 0 Å². The molecule has 3 unspecified atom stereocenters. The van der Waals surface area contributed by atoms with E-state index in [0.29, 0.717) is 17.5 Å². The number of nitrogens with one attached hydrogen (secondary N) is 1. The largest absolute Gasteiger partial charge is 0.326 e. The lowest BCUT2D eigenvalue weighted by Crippen LogP contribution is -2.51. The topological polar surface area (TPSA) is 41.3 Å². The predicted octanol–water partition coefficient (Wildman–Crippen LogP) is 2.21. The Morgan fingerprint density at radius 2 is 1.89 bits per heavy atom. The molecule has 1 saturated heterocycles. The number of rotatable bonds is 4. The zero-order valence-corrected chi connectivity index (χ0v) is 13.1. The molecule has 3 heteroatoms. The first-order valence-corrected chi connectivity index (χ1v) is 8.16. The number of likely N-dealkylation sites (tertiary alicyclic amines) is 1. The van der Waals surface area contributed by atoms with Gasteiger partial charge in [0.15, 0.2) is 0 Å². The van der Waals surface area contributed by atoms with Crippen molar-refractivity contribution in [2.45, 2.75) is 64.5 Å². The van der Waals surface area contributed by atoms with Gasteiger partial charge in [0.1, 0.15) is 0 Å². The van der Waals surface area contributed by atoms with Crippen LogP contribution in [0.5, 0.6) is 0 Å². The Kier molecular flexibility index (Phi) is 5.27. The van der Waals surface area contributed by atoms with Gasteiger partial charge in [0, 0.05) is 25.2 Å². The number of piperidine rings is 1. The Morgan fingerprint density at radius 1 is 1.16 bits per heavy atom. The SMILES string of the molecule is CN1CCCC(C(C)(C)CNC2CCCCC2N)C1. The fourth-order valence-electron chi connectivity index (χ4n) is 3.76. The molecule has 0 aromatic carbocycles. The van der Waals surface area contributed by atoms with Crippen LogP contribution >= 0.6 is 0 Å². The summed E-state index contributed by atoms with van der Waals surface area (Å²) >= 11 is 0. The van der Waals surface area contributed by atoms with Crippen molar-refractivity contribution in [3.8, 4) is 0 Å². The van der Waals surface area contributed by atoms with Gasteiger partial charge in [0.25, 0.3) is 0 Å². The summed E-state index contributed by atoms with van der Waals surface area (Å²) in [6.45, 7) is 8.50. The molecule has 112 valence electrons. The summed E-state index contributed by atoms with van der Waals surface area (Å²) in [7, 11) is 2.26. The van der Waals surface area contributed by atoms with Crippen LogP contribution in [0.25, 0.3) is 0 Å². The average molecular weight is 267 g/mol. The molecule has 0 amide bonds. The van der Waals surface area contributed by atoms with E-state index in [-0.39, 0.29) is 0 Å². The summed E-state index contributed by atoms with van der Waals surface area (Å²) in [4.78, 5) is 2.49. The third-order valence-electron chi connectivity index (χ3n) is 5.37. The summed E-state index contributed by atoms with van der Waals surface area (Å²) in [5.41, 5.74) is 6.62. The average Bonchev–Trinajstić information content (AvgIpc) is 2.38. The molecule has 3 nitrogen and oxygen atoms in total. The number of nitrogens with two attached hydrogens (primary N) is 1. The maximum absolute atomic E-state index is 6.24. The first-order valence-electron chi connectivity index (χ1n) is 8.16. The maximum atomic E-state index is 6.24. The van der Waals surface area contributed by atoms with E-state index >= 15 is 0 Å². The maximum Gasteiger partial charge on any atom is 0.0219 e. The minimum absolute atomic E-state index is 0.374. The van der Waals surface area contributed by atoms with E-state index < -0.39 is 0 Å². The molecule has 3 atom stereocenters. The number of nitrogens with zero attached hydrogens (tertiary/aromatic N) is 1. The summed E-state index contributed by atoms with van der Waals surface area (Å²) in [6.07, 6.45) is 7.86. The molecule has 2 fully saturated rings. The van der Waals surface area contributed by atoms with Crippen molar-refractivity contribution in [2.24, 2.45) is 17.1 Å². The molecular weight excluding hydrogens is 234 g/mol.